The third kappa shape index (κ3) is 3.82. The van der Waals surface area contributed by atoms with Crippen LogP contribution in [0.2, 0.25) is 0 Å². The number of nitrogens with one attached hydrogen (secondary N) is 1. The van der Waals surface area contributed by atoms with Crippen LogP contribution in [0.1, 0.15) is 32.0 Å². The molecular formula is C22H24N4O2. The Kier molecular flexibility index (Phi) is 5.34. The average Bonchev–Trinajstić information content (AvgIpc) is 3.05. The number of fused-ring (bicyclic) bond motifs is 1. The highest BCUT2D eigenvalue weighted by Gasteiger charge is 2.26. The summed E-state index contributed by atoms with van der Waals surface area (Å²) >= 11 is 0. The zero-order valence-electron chi connectivity index (χ0n) is 16.6. The first-order valence-electron chi connectivity index (χ1n) is 9.08. The summed E-state index contributed by atoms with van der Waals surface area (Å²) in [4.78, 5) is 20.7. The average molecular weight is 376 g/mol. The minimum Gasteiger partial charge on any atom is -0.497 e. The number of amides is 1. The van der Waals surface area contributed by atoms with Gasteiger partial charge < -0.3 is 15.3 Å². The van der Waals surface area contributed by atoms with Crippen molar-refractivity contribution in [2.45, 2.75) is 32.7 Å². The molecule has 0 aliphatic heterocycles. The number of ether oxygens (including phenoxy) is 1. The fraction of sp³-hybridized carbons (Fsp3) is 0.273. The number of aromatic amines is 1. The van der Waals surface area contributed by atoms with Crippen molar-refractivity contribution in [3.63, 3.8) is 0 Å². The fourth-order valence-electron chi connectivity index (χ4n) is 3.34. The topological polar surface area (TPSA) is 81.7 Å². The van der Waals surface area contributed by atoms with Gasteiger partial charge in [-0.2, -0.15) is 4.79 Å². The molecule has 0 saturated heterocycles. The Morgan fingerprint density at radius 3 is 2.46 bits per heavy atom. The van der Waals surface area contributed by atoms with Crippen molar-refractivity contribution >= 4 is 28.7 Å². The smallest absolute Gasteiger partial charge is 0.345 e. The van der Waals surface area contributed by atoms with Crippen molar-refractivity contribution in [3.05, 3.63) is 65.3 Å². The first-order valence-corrected chi connectivity index (χ1v) is 9.08. The van der Waals surface area contributed by atoms with Gasteiger partial charge in [0.1, 0.15) is 5.75 Å². The number of benzene rings is 2. The molecule has 144 valence electrons. The van der Waals surface area contributed by atoms with Crippen LogP contribution < -0.4 is 9.64 Å². The molecule has 0 aliphatic rings. The van der Waals surface area contributed by atoms with E-state index in [1.165, 1.54) is 0 Å². The third-order valence-corrected chi connectivity index (χ3v) is 4.70. The number of hydrogen-bond donors (Lipinski definition) is 1. The molecule has 1 aromatic heterocycles. The van der Waals surface area contributed by atoms with E-state index >= 15 is 0 Å². The quantitative estimate of drug-likeness (QED) is 0.409. The van der Waals surface area contributed by atoms with E-state index in [1.54, 1.807) is 24.1 Å². The highest BCUT2D eigenvalue weighted by atomic mass is 16.5. The number of para-hydroxylation sites is 1. The van der Waals surface area contributed by atoms with Crippen LogP contribution >= 0.6 is 0 Å². The highest BCUT2D eigenvalue weighted by Crippen LogP contribution is 2.33. The summed E-state index contributed by atoms with van der Waals surface area (Å²) in [7, 11) is 1.60. The van der Waals surface area contributed by atoms with E-state index in [-0.39, 0.29) is 5.41 Å². The van der Waals surface area contributed by atoms with E-state index in [4.69, 9.17) is 10.3 Å². The SMILES string of the molecule is COc1ccc(N(Cc2c(C(C)(C)C)[nH]c3ccccc23)C(=O)C=[N+]=[N-])cc1. The molecule has 1 heterocycles. The minimum atomic E-state index is -0.405. The van der Waals surface area contributed by atoms with Gasteiger partial charge >= 0.3 is 12.1 Å². The van der Waals surface area contributed by atoms with Crippen molar-refractivity contribution in [2.75, 3.05) is 12.0 Å². The Morgan fingerprint density at radius 2 is 1.86 bits per heavy atom. The lowest BCUT2D eigenvalue weighted by Gasteiger charge is -2.24. The number of rotatable bonds is 5. The summed E-state index contributed by atoms with van der Waals surface area (Å²) in [6.45, 7) is 6.75. The molecule has 3 rings (SSSR count). The van der Waals surface area contributed by atoms with E-state index in [9.17, 15) is 4.79 Å². The van der Waals surface area contributed by atoms with Gasteiger partial charge in [0.15, 0.2) is 0 Å². The summed E-state index contributed by atoms with van der Waals surface area (Å²) in [6, 6.07) is 15.3. The van der Waals surface area contributed by atoms with E-state index in [1.807, 2.05) is 36.4 Å². The summed E-state index contributed by atoms with van der Waals surface area (Å²) in [6.07, 6.45) is 0.913. The first-order chi connectivity index (χ1) is 13.3. The van der Waals surface area contributed by atoms with Gasteiger partial charge in [0.25, 0.3) is 0 Å². The molecule has 0 bridgehead atoms. The Labute approximate surface area is 164 Å². The van der Waals surface area contributed by atoms with Crippen LogP contribution in [-0.4, -0.2) is 29.0 Å². The van der Waals surface area contributed by atoms with Crippen LogP contribution in [0.3, 0.4) is 0 Å². The molecule has 0 saturated carbocycles. The van der Waals surface area contributed by atoms with Crippen LogP contribution in [0.5, 0.6) is 5.75 Å². The molecular weight excluding hydrogens is 352 g/mol. The number of aromatic nitrogens is 1. The van der Waals surface area contributed by atoms with Crippen molar-refractivity contribution < 1.29 is 14.3 Å². The van der Waals surface area contributed by atoms with Gasteiger partial charge in [-0.15, -0.1) is 0 Å². The maximum atomic E-state index is 12.7. The molecule has 28 heavy (non-hydrogen) atoms. The molecule has 2 aromatic carbocycles. The van der Waals surface area contributed by atoms with E-state index in [0.717, 1.165) is 28.4 Å². The van der Waals surface area contributed by atoms with Gasteiger partial charge in [0, 0.05) is 33.3 Å². The number of carbonyl (C=O) groups excluding carboxylic acids is 1. The van der Waals surface area contributed by atoms with Crippen LogP contribution in [0.25, 0.3) is 16.4 Å². The number of methoxy groups -OCH3 is 1. The summed E-state index contributed by atoms with van der Waals surface area (Å²) in [5, 5.41) is 1.07. The molecule has 6 nitrogen and oxygen atoms in total. The number of carbonyl (C=O) groups is 1. The fourth-order valence-corrected chi connectivity index (χ4v) is 3.34. The standard InChI is InChI=1S/C22H24N4O2/c1-22(2,3)21-18(17-7-5-6-8-19(17)25-21)14-26(20(27)13-24-23)15-9-11-16(28-4)12-10-15/h5-13,25H,14H2,1-4H3. The van der Waals surface area contributed by atoms with Gasteiger partial charge in [-0.1, -0.05) is 39.0 Å². The molecule has 3 aromatic rings. The van der Waals surface area contributed by atoms with Crippen molar-refractivity contribution in [1.82, 2.24) is 4.98 Å². The van der Waals surface area contributed by atoms with E-state index in [2.05, 4.69) is 30.5 Å². The lowest BCUT2D eigenvalue weighted by atomic mass is 9.88. The highest BCUT2D eigenvalue weighted by molar-refractivity contribution is 6.30. The minimum absolute atomic E-state index is 0.131. The van der Waals surface area contributed by atoms with Crippen molar-refractivity contribution in [3.8, 4) is 5.75 Å². The van der Waals surface area contributed by atoms with Crippen LogP contribution in [0.4, 0.5) is 5.69 Å². The molecule has 0 radical (unpaired) electrons. The second-order valence-corrected chi connectivity index (χ2v) is 7.64. The van der Waals surface area contributed by atoms with Gasteiger partial charge in [0.2, 0.25) is 0 Å². The first kappa shape index (κ1) is 19.4. The van der Waals surface area contributed by atoms with Gasteiger partial charge in [-0.25, -0.2) is 0 Å². The van der Waals surface area contributed by atoms with Crippen LogP contribution in [0, 0.1) is 0 Å². The maximum Gasteiger partial charge on any atom is 0.345 e. The molecule has 0 aliphatic carbocycles. The van der Waals surface area contributed by atoms with Crippen molar-refractivity contribution in [1.29, 1.82) is 0 Å². The summed E-state index contributed by atoms with van der Waals surface area (Å²) < 4.78 is 5.21. The largest absolute Gasteiger partial charge is 0.497 e. The Hall–Kier alpha value is -3.37. The van der Waals surface area contributed by atoms with Crippen molar-refractivity contribution in [2.24, 2.45) is 0 Å². The lowest BCUT2D eigenvalue weighted by Crippen LogP contribution is -2.32. The van der Waals surface area contributed by atoms with Crippen LogP contribution in [-0.2, 0) is 16.8 Å². The molecule has 0 fully saturated rings. The predicted octanol–water partition coefficient (Wildman–Crippen LogP) is 4.31. The molecule has 6 heteroatoms. The Bertz CT molecular complexity index is 1040. The maximum absolute atomic E-state index is 12.7. The number of hydrogen-bond acceptors (Lipinski definition) is 2. The molecule has 1 amide bonds. The lowest BCUT2D eigenvalue weighted by molar-refractivity contribution is -0.115. The second-order valence-electron chi connectivity index (χ2n) is 7.64. The summed E-state index contributed by atoms with van der Waals surface area (Å²) in [5.41, 5.74) is 12.6. The third-order valence-electron chi connectivity index (χ3n) is 4.70. The van der Waals surface area contributed by atoms with E-state index < -0.39 is 5.91 Å². The number of H-pyrrole nitrogens is 1. The normalized spacial score (nSPS) is 11.1. The summed E-state index contributed by atoms with van der Waals surface area (Å²) in [5.74, 6) is 0.298. The predicted molar refractivity (Wildman–Crippen MR) is 111 cm³/mol. The zero-order chi connectivity index (χ0) is 20.3. The molecule has 0 spiro atoms. The Morgan fingerprint density at radius 1 is 1.18 bits per heavy atom. The molecule has 1 N–H and O–H groups in total. The van der Waals surface area contributed by atoms with Crippen LogP contribution in [0.15, 0.2) is 48.5 Å². The Balaban J connectivity index is 2.12. The van der Waals surface area contributed by atoms with Gasteiger partial charge in [0.05, 0.1) is 13.7 Å². The van der Waals surface area contributed by atoms with Gasteiger partial charge in [-0.3, -0.25) is 9.69 Å². The molecule has 0 unspecified atom stereocenters. The zero-order valence-corrected chi connectivity index (χ0v) is 16.6. The number of anilines is 1. The van der Waals surface area contributed by atoms with E-state index in [0.29, 0.717) is 18.0 Å². The second kappa shape index (κ2) is 7.71. The monoisotopic (exact) mass is 376 g/mol. The van der Waals surface area contributed by atoms with Gasteiger partial charge in [-0.05, 0) is 30.3 Å². The molecule has 0 atom stereocenters. The number of nitrogens with zero attached hydrogens (tertiary/aromatic N) is 3.